The van der Waals surface area contributed by atoms with E-state index in [0.29, 0.717) is 19.7 Å². The van der Waals surface area contributed by atoms with E-state index >= 15 is 0 Å². The standard InChI is InChI=1S/C15H25N5O3/c1-3-23-15(21)20-8-6-19(7-9-20)14-11-13(17-12-18-14)16-5-4-10-22-2/h11-12H,3-10H2,1-2H3,(H,16,17,18). The lowest BCUT2D eigenvalue weighted by Gasteiger charge is -2.34. The number of carbonyl (C=O) groups excluding carboxylic acids is 1. The van der Waals surface area contributed by atoms with Crippen molar-refractivity contribution in [3.05, 3.63) is 12.4 Å². The fourth-order valence-electron chi connectivity index (χ4n) is 2.38. The van der Waals surface area contributed by atoms with E-state index < -0.39 is 0 Å². The molecule has 23 heavy (non-hydrogen) atoms. The predicted octanol–water partition coefficient (Wildman–Crippen LogP) is 1.20. The first-order valence-electron chi connectivity index (χ1n) is 7.96. The van der Waals surface area contributed by atoms with Gasteiger partial charge in [-0.3, -0.25) is 0 Å². The van der Waals surface area contributed by atoms with Crippen LogP contribution < -0.4 is 10.2 Å². The lowest BCUT2D eigenvalue weighted by molar-refractivity contribution is 0.105. The summed E-state index contributed by atoms with van der Waals surface area (Å²) in [7, 11) is 1.69. The highest BCUT2D eigenvalue weighted by Crippen LogP contribution is 2.16. The van der Waals surface area contributed by atoms with Gasteiger partial charge < -0.3 is 24.6 Å². The summed E-state index contributed by atoms with van der Waals surface area (Å²) < 4.78 is 10.1. The molecule has 1 aliphatic heterocycles. The first-order valence-corrected chi connectivity index (χ1v) is 7.96. The van der Waals surface area contributed by atoms with Gasteiger partial charge in [0.05, 0.1) is 6.61 Å². The maximum atomic E-state index is 11.7. The molecule has 0 saturated carbocycles. The molecule has 0 atom stereocenters. The largest absolute Gasteiger partial charge is 0.450 e. The molecule has 0 radical (unpaired) electrons. The van der Waals surface area contributed by atoms with Gasteiger partial charge in [-0.2, -0.15) is 0 Å². The Kier molecular flexibility index (Phi) is 6.86. The van der Waals surface area contributed by atoms with Gasteiger partial charge in [0.2, 0.25) is 0 Å². The summed E-state index contributed by atoms with van der Waals surface area (Å²) in [6, 6.07) is 1.94. The van der Waals surface area contributed by atoms with E-state index in [4.69, 9.17) is 9.47 Å². The SMILES string of the molecule is CCOC(=O)N1CCN(c2cc(NCCCOC)ncn2)CC1. The second-order valence-electron chi connectivity index (χ2n) is 5.21. The van der Waals surface area contributed by atoms with Gasteiger partial charge in [-0.05, 0) is 13.3 Å². The fraction of sp³-hybridized carbons (Fsp3) is 0.667. The molecule has 1 fully saturated rings. The van der Waals surface area contributed by atoms with E-state index in [2.05, 4.69) is 20.2 Å². The zero-order valence-corrected chi connectivity index (χ0v) is 13.8. The molecule has 2 heterocycles. The number of ether oxygens (including phenoxy) is 2. The third kappa shape index (κ3) is 5.24. The van der Waals surface area contributed by atoms with E-state index in [1.807, 2.05) is 13.0 Å². The molecule has 1 saturated heterocycles. The Hall–Kier alpha value is -2.09. The number of rotatable bonds is 7. The second kappa shape index (κ2) is 9.14. The van der Waals surface area contributed by atoms with Gasteiger partial charge in [0.25, 0.3) is 0 Å². The van der Waals surface area contributed by atoms with Gasteiger partial charge >= 0.3 is 6.09 Å². The van der Waals surface area contributed by atoms with E-state index in [1.54, 1.807) is 18.3 Å². The molecule has 8 nitrogen and oxygen atoms in total. The first-order chi connectivity index (χ1) is 11.2. The summed E-state index contributed by atoms with van der Waals surface area (Å²) in [5, 5.41) is 3.26. The number of piperazine rings is 1. The Morgan fingerprint density at radius 2 is 2.09 bits per heavy atom. The molecule has 0 bridgehead atoms. The number of hydrogen-bond acceptors (Lipinski definition) is 7. The Bertz CT molecular complexity index is 492. The normalized spacial score (nSPS) is 14.7. The number of aromatic nitrogens is 2. The van der Waals surface area contributed by atoms with Crippen LogP contribution >= 0.6 is 0 Å². The van der Waals surface area contributed by atoms with Crippen LogP contribution in [0.3, 0.4) is 0 Å². The summed E-state index contributed by atoms with van der Waals surface area (Å²) in [4.78, 5) is 24.1. The van der Waals surface area contributed by atoms with Crippen molar-refractivity contribution in [1.29, 1.82) is 0 Å². The topological polar surface area (TPSA) is 79.8 Å². The van der Waals surface area contributed by atoms with Crippen molar-refractivity contribution >= 4 is 17.7 Å². The van der Waals surface area contributed by atoms with Gasteiger partial charge in [0.1, 0.15) is 18.0 Å². The molecule has 1 aromatic heterocycles. The lowest BCUT2D eigenvalue weighted by Crippen LogP contribution is -2.49. The molecule has 0 unspecified atom stereocenters. The summed E-state index contributed by atoms with van der Waals surface area (Å²) in [6.45, 7) is 6.50. The van der Waals surface area contributed by atoms with Crippen LogP contribution in [0.4, 0.5) is 16.4 Å². The lowest BCUT2D eigenvalue weighted by atomic mass is 10.3. The van der Waals surface area contributed by atoms with E-state index in [0.717, 1.165) is 44.3 Å². The van der Waals surface area contributed by atoms with Crippen LogP contribution in [0.1, 0.15) is 13.3 Å². The van der Waals surface area contributed by atoms with Gasteiger partial charge in [-0.25, -0.2) is 14.8 Å². The molecule has 0 spiro atoms. The minimum Gasteiger partial charge on any atom is -0.450 e. The summed E-state index contributed by atoms with van der Waals surface area (Å²) in [6.07, 6.45) is 2.25. The van der Waals surface area contributed by atoms with Crippen molar-refractivity contribution in [2.45, 2.75) is 13.3 Å². The average Bonchev–Trinajstić information content (AvgIpc) is 2.59. The molecular weight excluding hydrogens is 298 g/mol. The number of nitrogens with zero attached hydrogens (tertiary/aromatic N) is 4. The molecule has 8 heteroatoms. The van der Waals surface area contributed by atoms with Crippen molar-refractivity contribution < 1.29 is 14.3 Å². The Morgan fingerprint density at radius 1 is 1.30 bits per heavy atom. The van der Waals surface area contributed by atoms with Crippen LogP contribution in [-0.2, 0) is 9.47 Å². The Morgan fingerprint density at radius 3 is 2.78 bits per heavy atom. The van der Waals surface area contributed by atoms with E-state index in [-0.39, 0.29) is 6.09 Å². The van der Waals surface area contributed by atoms with Crippen LogP contribution in [0.5, 0.6) is 0 Å². The van der Waals surface area contributed by atoms with Crippen molar-refractivity contribution in [3.63, 3.8) is 0 Å². The Labute approximate surface area is 136 Å². The maximum absolute atomic E-state index is 11.7. The predicted molar refractivity (Wildman–Crippen MR) is 87.8 cm³/mol. The summed E-state index contributed by atoms with van der Waals surface area (Å²) in [5.74, 6) is 1.68. The number of amides is 1. The summed E-state index contributed by atoms with van der Waals surface area (Å²) >= 11 is 0. The smallest absolute Gasteiger partial charge is 0.409 e. The maximum Gasteiger partial charge on any atom is 0.409 e. The average molecular weight is 323 g/mol. The number of hydrogen-bond donors (Lipinski definition) is 1. The minimum atomic E-state index is -0.240. The molecular formula is C15H25N5O3. The van der Waals surface area contributed by atoms with Crippen molar-refractivity contribution in [2.24, 2.45) is 0 Å². The molecule has 1 aliphatic rings. The van der Waals surface area contributed by atoms with Gasteiger partial charge in [0, 0.05) is 52.5 Å². The Balaban J connectivity index is 1.84. The zero-order valence-electron chi connectivity index (χ0n) is 13.8. The molecule has 2 rings (SSSR count). The van der Waals surface area contributed by atoms with Gasteiger partial charge in [-0.15, -0.1) is 0 Å². The highest BCUT2D eigenvalue weighted by atomic mass is 16.6. The summed E-state index contributed by atoms with van der Waals surface area (Å²) in [5.41, 5.74) is 0. The van der Waals surface area contributed by atoms with Crippen LogP contribution in [0.15, 0.2) is 12.4 Å². The number of carbonyl (C=O) groups is 1. The number of methoxy groups -OCH3 is 1. The van der Waals surface area contributed by atoms with Crippen LogP contribution in [0.25, 0.3) is 0 Å². The second-order valence-corrected chi connectivity index (χ2v) is 5.21. The minimum absolute atomic E-state index is 0.240. The third-order valence-electron chi connectivity index (χ3n) is 3.61. The van der Waals surface area contributed by atoms with E-state index in [9.17, 15) is 4.79 Å². The third-order valence-corrected chi connectivity index (χ3v) is 3.61. The molecule has 1 aromatic rings. The number of anilines is 2. The van der Waals surface area contributed by atoms with Gasteiger partial charge in [-0.1, -0.05) is 0 Å². The molecule has 0 aromatic carbocycles. The van der Waals surface area contributed by atoms with Crippen LogP contribution in [0, 0.1) is 0 Å². The molecule has 128 valence electrons. The highest BCUT2D eigenvalue weighted by Gasteiger charge is 2.22. The fourth-order valence-corrected chi connectivity index (χ4v) is 2.38. The van der Waals surface area contributed by atoms with Gasteiger partial charge in [0.15, 0.2) is 0 Å². The molecule has 0 aliphatic carbocycles. The quantitative estimate of drug-likeness (QED) is 0.755. The highest BCUT2D eigenvalue weighted by molar-refractivity contribution is 5.68. The van der Waals surface area contributed by atoms with Crippen LogP contribution in [-0.4, -0.2) is 74.0 Å². The van der Waals surface area contributed by atoms with Crippen molar-refractivity contribution in [3.8, 4) is 0 Å². The number of nitrogens with one attached hydrogen (secondary N) is 1. The van der Waals surface area contributed by atoms with Crippen molar-refractivity contribution in [2.75, 3.05) is 63.3 Å². The van der Waals surface area contributed by atoms with Crippen molar-refractivity contribution in [1.82, 2.24) is 14.9 Å². The van der Waals surface area contributed by atoms with E-state index in [1.165, 1.54) is 0 Å². The first kappa shape index (κ1) is 17.3. The monoisotopic (exact) mass is 323 g/mol. The molecule has 1 amide bonds. The molecule has 1 N–H and O–H groups in total. The zero-order chi connectivity index (χ0) is 16.5. The van der Waals surface area contributed by atoms with Crippen LogP contribution in [0.2, 0.25) is 0 Å².